The predicted molar refractivity (Wildman–Crippen MR) is 93.5 cm³/mol. The number of hydrogen-bond acceptors (Lipinski definition) is 4. The molecule has 0 radical (unpaired) electrons. The highest BCUT2D eigenvalue weighted by atomic mass is 79.9. The molecule has 0 aromatic heterocycles. The summed E-state index contributed by atoms with van der Waals surface area (Å²) >= 11 is 3.06. The number of imide groups is 1. The van der Waals surface area contributed by atoms with Crippen molar-refractivity contribution in [1.82, 2.24) is 4.90 Å². The molecule has 2 heterocycles. The molecule has 1 fully saturated rings. The highest BCUT2D eigenvalue weighted by molar-refractivity contribution is 9.10. The highest BCUT2D eigenvalue weighted by Gasteiger charge is 2.40. The second-order valence-electron chi connectivity index (χ2n) is 5.98. The van der Waals surface area contributed by atoms with Gasteiger partial charge >= 0.3 is 6.09 Å². The second-order valence-corrected chi connectivity index (χ2v) is 6.84. The lowest BCUT2D eigenvalue weighted by Gasteiger charge is -2.17. The first kappa shape index (κ1) is 16.7. The summed E-state index contributed by atoms with van der Waals surface area (Å²) in [5.74, 6) is -1.32. The maximum absolute atomic E-state index is 13.7. The number of ether oxygens (including phenoxy) is 1. The molecule has 2 aliphatic heterocycles. The molecular weight excluding hydrogens is 407 g/mol. The summed E-state index contributed by atoms with van der Waals surface area (Å²) in [5.41, 5.74) is 1.03. The molecule has 0 bridgehead atoms. The zero-order valence-electron chi connectivity index (χ0n) is 13.3. The predicted octanol–water partition coefficient (Wildman–Crippen LogP) is 3.21. The van der Waals surface area contributed by atoms with Crippen molar-refractivity contribution in [2.45, 2.75) is 6.10 Å². The molecule has 0 saturated carbocycles. The first-order valence-corrected chi connectivity index (χ1v) is 8.63. The van der Waals surface area contributed by atoms with Crippen molar-refractivity contribution in [1.29, 1.82) is 0 Å². The number of carbonyl (C=O) groups is 3. The maximum Gasteiger partial charge on any atom is 0.414 e. The fraction of sp³-hybridized carbons (Fsp3) is 0.167. The number of carbonyl (C=O) groups excluding carboxylic acids is 3. The van der Waals surface area contributed by atoms with E-state index in [-0.39, 0.29) is 17.6 Å². The molecule has 8 heteroatoms. The van der Waals surface area contributed by atoms with Gasteiger partial charge in [-0.1, -0.05) is 12.1 Å². The van der Waals surface area contributed by atoms with E-state index in [2.05, 4.69) is 15.9 Å². The topological polar surface area (TPSA) is 66.9 Å². The molecule has 132 valence electrons. The van der Waals surface area contributed by atoms with E-state index in [1.165, 1.54) is 17.0 Å². The number of halogens is 2. The van der Waals surface area contributed by atoms with E-state index in [0.29, 0.717) is 16.8 Å². The SMILES string of the molecule is O=C1c2ccccc2C(=O)N1CC1CN(c2ccc(Br)c(F)c2)C(=O)O1. The third-order valence-electron chi connectivity index (χ3n) is 4.35. The third kappa shape index (κ3) is 2.66. The number of hydrogen-bond donors (Lipinski definition) is 0. The summed E-state index contributed by atoms with van der Waals surface area (Å²) in [7, 11) is 0. The Labute approximate surface area is 156 Å². The minimum atomic E-state index is -0.684. The van der Waals surface area contributed by atoms with Gasteiger partial charge in [-0.05, 0) is 46.3 Å². The minimum Gasteiger partial charge on any atom is -0.442 e. The van der Waals surface area contributed by atoms with E-state index < -0.39 is 29.8 Å². The summed E-state index contributed by atoms with van der Waals surface area (Å²) in [5, 5.41) is 0. The van der Waals surface area contributed by atoms with Crippen molar-refractivity contribution in [3.63, 3.8) is 0 Å². The number of fused-ring (bicyclic) bond motifs is 1. The largest absolute Gasteiger partial charge is 0.442 e. The van der Waals surface area contributed by atoms with Crippen molar-refractivity contribution in [2.75, 3.05) is 18.0 Å². The zero-order valence-corrected chi connectivity index (χ0v) is 14.9. The molecule has 1 saturated heterocycles. The molecule has 3 amide bonds. The number of cyclic esters (lactones) is 1. The lowest BCUT2D eigenvalue weighted by molar-refractivity contribution is 0.0558. The van der Waals surface area contributed by atoms with Crippen LogP contribution in [0, 0.1) is 5.82 Å². The van der Waals surface area contributed by atoms with Gasteiger partial charge < -0.3 is 4.74 Å². The highest BCUT2D eigenvalue weighted by Crippen LogP contribution is 2.28. The van der Waals surface area contributed by atoms with Crippen molar-refractivity contribution >= 4 is 39.5 Å². The average Bonchev–Trinajstić information content (AvgIpc) is 3.11. The summed E-state index contributed by atoms with van der Waals surface area (Å²) < 4.78 is 19.3. The van der Waals surface area contributed by atoms with Crippen LogP contribution in [-0.4, -0.2) is 42.0 Å². The molecule has 2 aromatic carbocycles. The van der Waals surface area contributed by atoms with Crippen LogP contribution in [-0.2, 0) is 4.74 Å². The lowest BCUT2D eigenvalue weighted by atomic mass is 10.1. The van der Waals surface area contributed by atoms with E-state index in [1.54, 1.807) is 30.3 Å². The molecule has 1 unspecified atom stereocenters. The molecule has 0 N–H and O–H groups in total. The van der Waals surface area contributed by atoms with Crippen LogP contribution in [0.1, 0.15) is 20.7 Å². The Morgan fingerprint density at radius 2 is 1.73 bits per heavy atom. The molecule has 6 nitrogen and oxygen atoms in total. The Hall–Kier alpha value is -2.74. The molecule has 0 spiro atoms. The van der Waals surface area contributed by atoms with E-state index >= 15 is 0 Å². The number of amides is 3. The van der Waals surface area contributed by atoms with Gasteiger partial charge in [0.25, 0.3) is 11.8 Å². The van der Waals surface area contributed by atoms with Crippen LogP contribution in [0.25, 0.3) is 0 Å². The summed E-state index contributed by atoms with van der Waals surface area (Å²) in [6.07, 6.45) is -1.33. The van der Waals surface area contributed by atoms with Gasteiger partial charge in [-0.25, -0.2) is 9.18 Å². The number of anilines is 1. The Morgan fingerprint density at radius 3 is 2.35 bits per heavy atom. The van der Waals surface area contributed by atoms with E-state index in [9.17, 15) is 18.8 Å². The van der Waals surface area contributed by atoms with Crippen LogP contribution in [0.15, 0.2) is 46.9 Å². The monoisotopic (exact) mass is 418 g/mol. The van der Waals surface area contributed by atoms with Gasteiger partial charge in [0.1, 0.15) is 11.9 Å². The smallest absolute Gasteiger partial charge is 0.414 e. The summed E-state index contributed by atoms with van der Waals surface area (Å²) in [4.78, 5) is 39.3. The molecule has 1 atom stereocenters. The quantitative estimate of drug-likeness (QED) is 0.717. The molecule has 2 aromatic rings. The van der Waals surface area contributed by atoms with Gasteiger partial charge in [-0.15, -0.1) is 0 Å². The van der Waals surface area contributed by atoms with Gasteiger partial charge in [-0.3, -0.25) is 19.4 Å². The number of rotatable bonds is 3. The number of nitrogens with zero attached hydrogens (tertiary/aromatic N) is 2. The molecule has 2 aliphatic rings. The van der Waals surface area contributed by atoms with Crippen LogP contribution in [0.4, 0.5) is 14.9 Å². The minimum absolute atomic E-state index is 0.0480. The van der Waals surface area contributed by atoms with Gasteiger partial charge in [0.05, 0.1) is 34.4 Å². The van der Waals surface area contributed by atoms with E-state index in [1.807, 2.05) is 0 Å². The van der Waals surface area contributed by atoms with Crippen molar-refractivity contribution in [2.24, 2.45) is 0 Å². The standard InChI is InChI=1S/C18H12BrFN2O4/c19-14-6-5-10(7-15(14)20)21-8-11(26-18(21)25)9-22-16(23)12-3-1-2-4-13(12)17(22)24/h1-7,11H,8-9H2. The van der Waals surface area contributed by atoms with Gasteiger partial charge in [-0.2, -0.15) is 0 Å². The van der Waals surface area contributed by atoms with Crippen molar-refractivity contribution < 1.29 is 23.5 Å². The first-order chi connectivity index (χ1) is 12.5. The molecular formula is C18H12BrFN2O4. The average molecular weight is 419 g/mol. The van der Waals surface area contributed by atoms with Crippen LogP contribution >= 0.6 is 15.9 Å². The molecule has 4 rings (SSSR count). The lowest BCUT2D eigenvalue weighted by Crippen LogP contribution is -2.38. The molecule has 26 heavy (non-hydrogen) atoms. The van der Waals surface area contributed by atoms with Gasteiger partial charge in [0.2, 0.25) is 0 Å². The Morgan fingerprint density at radius 1 is 1.08 bits per heavy atom. The van der Waals surface area contributed by atoms with E-state index in [0.717, 1.165) is 4.90 Å². The van der Waals surface area contributed by atoms with Crippen LogP contribution < -0.4 is 4.90 Å². The van der Waals surface area contributed by atoms with Gasteiger partial charge in [0, 0.05) is 0 Å². The fourth-order valence-electron chi connectivity index (χ4n) is 3.09. The Kier molecular flexibility index (Phi) is 3.99. The Bertz CT molecular complexity index is 914. The second kappa shape index (κ2) is 6.21. The van der Waals surface area contributed by atoms with Crippen molar-refractivity contribution in [3.05, 3.63) is 63.9 Å². The normalized spacial score (nSPS) is 19.2. The van der Waals surface area contributed by atoms with Gasteiger partial charge in [0.15, 0.2) is 0 Å². The van der Waals surface area contributed by atoms with Crippen molar-refractivity contribution in [3.8, 4) is 0 Å². The maximum atomic E-state index is 13.7. The molecule has 0 aliphatic carbocycles. The number of benzene rings is 2. The summed E-state index contributed by atoms with van der Waals surface area (Å²) in [6.45, 7) is 0.0703. The van der Waals surface area contributed by atoms with Crippen LogP contribution in [0.2, 0.25) is 0 Å². The third-order valence-corrected chi connectivity index (χ3v) is 5.00. The van der Waals surface area contributed by atoms with E-state index in [4.69, 9.17) is 4.74 Å². The Balaban J connectivity index is 1.51. The van der Waals surface area contributed by atoms with Crippen LogP contribution in [0.5, 0.6) is 0 Å². The zero-order chi connectivity index (χ0) is 18.4. The first-order valence-electron chi connectivity index (χ1n) is 7.84. The van der Waals surface area contributed by atoms with Crippen LogP contribution in [0.3, 0.4) is 0 Å². The summed E-state index contributed by atoms with van der Waals surface area (Å²) in [6, 6.07) is 10.9. The fourth-order valence-corrected chi connectivity index (χ4v) is 3.34.